The van der Waals surface area contributed by atoms with Gasteiger partial charge >= 0.3 is 5.97 Å². The first kappa shape index (κ1) is 17.6. The lowest BCUT2D eigenvalue weighted by Crippen LogP contribution is -2.26. The molecule has 0 saturated heterocycles. The van der Waals surface area contributed by atoms with E-state index in [0.29, 0.717) is 25.5 Å². The van der Waals surface area contributed by atoms with Gasteiger partial charge in [0, 0.05) is 5.41 Å². The molecule has 6 heteroatoms. The number of hydrogen-bond acceptors (Lipinski definition) is 5. The van der Waals surface area contributed by atoms with Crippen molar-refractivity contribution >= 4 is 5.97 Å². The number of hydrogen-bond donors (Lipinski definition) is 0. The quantitative estimate of drug-likeness (QED) is 0.781. The molecule has 0 fully saturated rings. The van der Waals surface area contributed by atoms with Crippen LogP contribution in [0, 0.1) is 0 Å². The summed E-state index contributed by atoms with van der Waals surface area (Å²) in [5.41, 5.74) is 0.610. The van der Waals surface area contributed by atoms with Gasteiger partial charge in [-0.25, -0.2) is 9.48 Å². The number of aromatic nitrogens is 3. The Hall–Kier alpha value is -1.43. The summed E-state index contributed by atoms with van der Waals surface area (Å²) >= 11 is 0. The van der Waals surface area contributed by atoms with Gasteiger partial charge < -0.3 is 9.47 Å². The van der Waals surface area contributed by atoms with E-state index in [1.807, 2.05) is 41.5 Å². The molecule has 0 bridgehead atoms. The first-order valence-electron chi connectivity index (χ1n) is 7.31. The lowest BCUT2D eigenvalue weighted by atomic mass is 9.90. The van der Waals surface area contributed by atoms with E-state index in [1.54, 1.807) is 11.6 Å². The van der Waals surface area contributed by atoms with Crippen molar-refractivity contribution in [2.45, 2.75) is 66.0 Å². The zero-order valence-electron chi connectivity index (χ0n) is 14.2. The van der Waals surface area contributed by atoms with Crippen LogP contribution in [0.1, 0.15) is 64.6 Å². The third-order valence-electron chi connectivity index (χ3n) is 2.75. The molecule has 6 nitrogen and oxygen atoms in total. The first-order valence-corrected chi connectivity index (χ1v) is 7.31. The molecule has 0 aliphatic heterocycles. The fraction of sp³-hybridized carbons (Fsp3) is 0.800. The predicted molar refractivity (Wildman–Crippen MR) is 80.4 cm³/mol. The van der Waals surface area contributed by atoms with Crippen LogP contribution in [0.5, 0.6) is 0 Å². The highest BCUT2D eigenvalue weighted by Gasteiger charge is 2.29. The van der Waals surface area contributed by atoms with Gasteiger partial charge in [-0.3, -0.25) is 0 Å². The molecule has 1 aromatic rings. The molecule has 0 amide bonds. The van der Waals surface area contributed by atoms with Crippen LogP contribution in [0.15, 0.2) is 0 Å². The van der Waals surface area contributed by atoms with Crippen LogP contribution < -0.4 is 0 Å². The number of esters is 1. The Morgan fingerprint density at radius 3 is 2.29 bits per heavy atom. The van der Waals surface area contributed by atoms with Crippen LogP contribution in [-0.4, -0.2) is 39.8 Å². The molecule has 1 rings (SSSR count). The van der Waals surface area contributed by atoms with E-state index in [-0.39, 0.29) is 11.0 Å². The van der Waals surface area contributed by atoms with Gasteiger partial charge in [-0.2, -0.15) is 0 Å². The van der Waals surface area contributed by atoms with Gasteiger partial charge in [0.1, 0.15) is 0 Å². The number of rotatable bonds is 5. The van der Waals surface area contributed by atoms with E-state index in [9.17, 15) is 4.79 Å². The normalized spacial score (nSPS) is 12.5. The SMILES string of the molecule is CCOC(=O)c1nnn(CCOC(C)(C)C)c1C(C)(C)C. The largest absolute Gasteiger partial charge is 0.461 e. The molecule has 0 aliphatic rings. The molecular formula is C15H27N3O3. The molecule has 21 heavy (non-hydrogen) atoms. The highest BCUT2D eigenvalue weighted by molar-refractivity contribution is 5.88. The minimum absolute atomic E-state index is 0.202. The van der Waals surface area contributed by atoms with Crippen LogP contribution in [0.3, 0.4) is 0 Å². The van der Waals surface area contributed by atoms with Crippen LogP contribution >= 0.6 is 0 Å². The Bertz CT molecular complexity index is 481. The van der Waals surface area contributed by atoms with Crippen molar-refractivity contribution in [3.63, 3.8) is 0 Å². The summed E-state index contributed by atoms with van der Waals surface area (Å²) in [5.74, 6) is -0.426. The van der Waals surface area contributed by atoms with Crippen molar-refractivity contribution in [1.29, 1.82) is 0 Å². The van der Waals surface area contributed by atoms with E-state index in [4.69, 9.17) is 9.47 Å². The molecule has 0 saturated carbocycles. The van der Waals surface area contributed by atoms with Crippen molar-refractivity contribution in [3.05, 3.63) is 11.4 Å². The highest BCUT2D eigenvalue weighted by Crippen LogP contribution is 2.25. The third kappa shape index (κ3) is 5.12. The molecule has 0 spiro atoms. The summed E-state index contributed by atoms with van der Waals surface area (Å²) in [4.78, 5) is 12.0. The molecular weight excluding hydrogens is 270 g/mol. The molecule has 0 atom stereocenters. The Balaban J connectivity index is 2.97. The van der Waals surface area contributed by atoms with E-state index in [1.165, 1.54) is 0 Å². The maximum Gasteiger partial charge on any atom is 0.360 e. The summed E-state index contributed by atoms with van der Waals surface area (Å²) in [6.45, 7) is 15.2. The highest BCUT2D eigenvalue weighted by atomic mass is 16.5. The monoisotopic (exact) mass is 297 g/mol. The van der Waals surface area contributed by atoms with Gasteiger partial charge in [0.05, 0.1) is 31.1 Å². The molecule has 0 aromatic carbocycles. The van der Waals surface area contributed by atoms with Crippen molar-refractivity contribution in [2.75, 3.05) is 13.2 Å². The Kier molecular flexibility index (Phi) is 5.50. The van der Waals surface area contributed by atoms with Crippen molar-refractivity contribution in [3.8, 4) is 0 Å². The zero-order chi connectivity index (χ0) is 16.3. The second kappa shape index (κ2) is 6.56. The van der Waals surface area contributed by atoms with E-state index in [0.717, 1.165) is 5.69 Å². The van der Waals surface area contributed by atoms with Crippen LogP contribution in [0.2, 0.25) is 0 Å². The molecule has 0 radical (unpaired) electrons. The summed E-state index contributed by atoms with van der Waals surface area (Å²) in [6.07, 6.45) is 0. The zero-order valence-corrected chi connectivity index (χ0v) is 14.2. The van der Waals surface area contributed by atoms with Gasteiger partial charge in [0.2, 0.25) is 0 Å². The minimum Gasteiger partial charge on any atom is -0.461 e. The molecule has 0 N–H and O–H groups in total. The van der Waals surface area contributed by atoms with Gasteiger partial charge in [-0.1, -0.05) is 26.0 Å². The smallest absolute Gasteiger partial charge is 0.360 e. The van der Waals surface area contributed by atoms with E-state index < -0.39 is 5.97 Å². The second-order valence-electron chi connectivity index (χ2n) is 6.94. The maximum absolute atomic E-state index is 12.0. The van der Waals surface area contributed by atoms with Gasteiger partial charge in [0.25, 0.3) is 0 Å². The van der Waals surface area contributed by atoms with Gasteiger partial charge in [0.15, 0.2) is 5.69 Å². The second-order valence-corrected chi connectivity index (χ2v) is 6.94. The van der Waals surface area contributed by atoms with Crippen molar-refractivity contribution in [2.24, 2.45) is 0 Å². The summed E-state index contributed by atoms with van der Waals surface area (Å²) in [7, 11) is 0. The minimum atomic E-state index is -0.426. The summed E-state index contributed by atoms with van der Waals surface area (Å²) in [5, 5.41) is 8.09. The van der Waals surface area contributed by atoms with Crippen molar-refractivity contribution < 1.29 is 14.3 Å². The van der Waals surface area contributed by atoms with Crippen LogP contribution in [-0.2, 0) is 21.4 Å². The number of carbonyl (C=O) groups excluding carboxylic acids is 1. The van der Waals surface area contributed by atoms with Gasteiger partial charge in [-0.15, -0.1) is 5.10 Å². The summed E-state index contributed by atoms with van der Waals surface area (Å²) < 4.78 is 12.5. The number of carbonyl (C=O) groups is 1. The average Bonchev–Trinajstić information content (AvgIpc) is 2.71. The Labute approximate surface area is 126 Å². The first-order chi connectivity index (χ1) is 9.56. The lowest BCUT2D eigenvalue weighted by Gasteiger charge is -2.23. The maximum atomic E-state index is 12.0. The third-order valence-corrected chi connectivity index (χ3v) is 2.75. The predicted octanol–water partition coefficient (Wildman–Crippen LogP) is 2.57. The molecule has 120 valence electrons. The number of nitrogens with zero attached hydrogens (tertiary/aromatic N) is 3. The topological polar surface area (TPSA) is 66.2 Å². The van der Waals surface area contributed by atoms with Crippen LogP contribution in [0.4, 0.5) is 0 Å². The van der Waals surface area contributed by atoms with E-state index in [2.05, 4.69) is 10.3 Å². The van der Waals surface area contributed by atoms with Gasteiger partial charge in [-0.05, 0) is 27.7 Å². The number of ether oxygens (including phenoxy) is 2. The average molecular weight is 297 g/mol. The molecule has 0 aliphatic carbocycles. The van der Waals surface area contributed by atoms with Crippen LogP contribution in [0.25, 0.3) is 0 Å². The Morgan fingerprint density at radius 2 is 1.81 bits per heavy atom. The summed E-state index contributed by atoms with van der Waals surface area (Å²) in [6, 6.07) is 0. The van der Waals surface area contributed by atoms with E-state index >= 15 is 0 Å². The Morgan fingerprint density at radius 1 is 1.19 bits per heavy atom. The fourth-order valence-corrected chi connectivity index (χ4v) is 1.99. The lowest BCUT2D eigenvalue weighted by molar-refractivity contribution is -0.00854. The standard InChI is InChI=1S/C15H27N3O3/c1-8-20-13(19)11-12(14(2,3)4)18(17-16-11)9-10-21-15(5,6)7/h8-10H2,1-7H3. The molecule has 0 unspecified atom stereocenters. The molecule has 1 heterocycles. The fourth-order valence-electron chi connectivity index (χ4n) is 1.99. The van der Waals surface area contributed by atoms with Crippen molar-refractivity contribution in [1.82, 2.24) is 15.0 Å². The molecule has 1 aromatic heterocycles.